The summed E-state index contributed by atoms with van der Waals surface area (Å²) in [5.41, 5.74) is 0.805. The first-order valence-electron chi connectivity index (χ1n) is 6.42. The Labute approximate surface area is 108 Å². The molecule has 1 N–H and O–H groups in total. The SMILES string of the molecule is CC(C)NCCC(=O)c1ccc2ccccc2c1. The summed E-state index contributed by atoms with van der Waals surface area (Å²) >= 11 is 0. The van der Waals surface area contributed by atoms with E-state index in [0.717, 1.165) is 17.5 Å². The molecule has 0 bridgehead atoms. The van der Waals surface area contributed by atoms with Crippen molar-refractivity contribution in [1.82, 2.24) is 5.32 Å². The number of fused-ring (bicyclic) bond motifs is 1. The summed E-state index contributed by atoms with van der Waals surface area (Å²) < 4.78 is 0. The molecule has 94 valence electrons. The van der Waals surface area contributed by atoms with Gasteiger partial charge in [0.25, 0.3) is 0 Å². The normalized spacial score (nSPS) is 11.1. The zero-order chi connectivity index (χ0) is 13.0. The monoisotopic (exact) mass is 241 g/mol. The maximum atomic E-state index is 12.0. The van der Waals surface area contributed by atoms with Gasteiger partial charge >= 0.3 is 0 Å². The van der Waals surface area contributed by atoms with Crippen LogP contribution in [0.5, 0.6) is 0 Å². The molecular weight excluding hydrogens is 222 g/mol. The van der Waals surface area contributed by atoms with Crippen LogP contribution < -0.4 is 5.32 Å². The first kappa shape index (κ1) is 12.8. The van der Waals surface area contributed by atoms with Crippen molar-refractivity contribution >= 4 is 16.6 Å². The number of benzene rings is 2. The zero-order valence-electron chi connectivity index (χ0n) is 10.9. The van der Waals surface area contributed by atoms with Crippen molar-refractivity contribution < 1.29 is 4.79 Å². The molecule has 0 spiro atoms. The molecule has 0 saturated heterocycles. The molecule has 2 rings (SSSR count). The summed E-state index contributed by atoms with van der Waals surface area (Å²) in [6.45, 7) is 4.91. The van der Waals surface area contributed by atoms with E-state index < -0.39 is 0 Å². The summed E-state index contributed by atoms with van der Waals surface area (Å²) in [4.78, 5) is 12.0. The lowest BCUT2D eigenvalue weighted by Gasteiger charge is -2.07. The molecule has 0 unspecified atom stereocenters. The van der Waals surface area contributed by atoms with Gasteiger partial charge in [-0.15, -0.1) is 0 Å². The fourth-order valence-electron chi connectivity index (χ4n) is 1.98. The highest BCUT2D eigenvalue weighted by Gasteiger charge is 2.06. The molecule has 0 aliphatic carbocycles. The van der Waals surface area contributed by atoms with Crippen molar-refractivity contribution in [3.05, 3.63) is 48.0 Å². The summed E-state index contributed by atoms with van der Waals surface area (Å²) in [6.07, 6.45) is 0.552. The second kappa shape index (κ2) is 5.78. The van der Waals surface area contributed by atoms with E-state index in [9.17, 15) is 4.79 Å². The van der Waals surface area contributed by atoms with Gasteiger partial charge in [0.1, 0.15) is 0 Å². The lowest BCUT2D eigenvalue weighted by atomic mass is 10.0. The third-order valence-corrected chi connectivity index (χ3v) is 2.98. The molecule has 0 atom stereocenters. The van der Waals surface area contributed by atoms with Crippen LogP contribution in [0.3, 0.4) is 0 Å². The molecule has 0 amide bonds. The molecule has 0 saturated carbocycles. The third-order valence-electron chi connectivity index (χ3n) is 2.98. The van der Waals surface area contributed by atoms with Gasteiger partial charge in [0, 0.05) is 24.6 Å². The number of ketones is 1. The minimum atomic E-state index is 0.203. The van der Waals surface area contributed by atoms with Crippen LogP contribution in [0, 0.1) is 0 Å². The van der Waals surface area contributed by atoms with Gasteiger partial charge < -0.3 is 5.32 Å². The van der Waals surface area contributed by atoms with E-state index in [2.05, 4.69) is 25.2 Å². The average molecular weight is 241 g/mol. The van der Waals surface area contributed by atoms with Crippen LogP contribution in [0.4, 0.5) is 0 Å². The van der Waals surface area contributed by atoms with Crippen molar-refractivity contribution in [2.45, 2.75) is 26.3 Å². The van der Waals surface area contributed by atoms with E-state index in [0.29, 0.717) is 12.5 Å². The lowest BCUT2D eigenvalue weighted by molar-refractivity contribution is 0.0982. The van der Waals surface area contributed by atoms with Crippen LogP contribution >= 0.6 is 0 Å². The van der Waals surface area contributed by atoms with Gasteiger partial charge in [-0.3, -0.25) is 4.79 Å². The second-order valence-corrected chi connectivity index (χ2v) is 4.84. The Morgan fingerprint density at radius 3 is 2.56 bits per heavy atom. The van der Waals surface area contributed by atoms with E-state index >= 15 is 0 Å². The van der Waals surface area contributed by atoms with Gasteiger partial charge in [0.05, 0.1) is 0 Å². The van der Waals surface area contributed by atoms with E-state index in [1.54, 1.807) is 0 Å². The number of Topliss-reactive ketones (excluding diaryl/α,β-unsaturated/α-hetero) is 1. The highest BCUT2D eigenvalue weighted by molar-refractivity contribution is 6.00. The van der Waals surface area contributed by atoms with Crippen molar-refractivity contribution in [2.75, 3.05) is 6.54 Å². The fraction of sp³-hybridized carbons (Fsp3) is 0.312. The Morgan fingerprint density at radius 2 is 1.83 bits per heavy atom. The van der Waals surface area contributed by atoms with Crippen molar-refractivity contribution in [2.24, 2.45) is 0 Å². The van der Waals surface area contributed by atoms with Crippen LogP contribution in [-0.4, -0.2) is 18.4 Å². The topological polar surface area (TPSA) is 29.1 Å². The van der Waals surface area contributed by atoms with E-state index in [-0.39, 0.29) is 5.78 Å². The van der Waals surface area contributed by atoms with Gasteiger partial charge in [-0.25, -0.2) is 0 Å². The fourth-order valence-corrected chi connectivity index (χ4v) is 1.98. The van der Waals surface area contributed by atoms with E-state index in [4.69, 9.17) is 0 Å². The Balaban J connectivity index is 2.08. The summed E-state index contributed by atoms with van der Waals surface area (Å²) in [7, 11) is 0. The first-order valence-corrected chi connectivity index (χ1v) is 6.42. The van der Waals surface area contributed by atoms with Crippen LogP contribution in [0.1, 0.15) is 30.6 Å². The predicted octanol–water partition coefficient (Wildman–Crippen LogP) is 3.41. The Morgan fingerprint density at radius 1 is 1.11 bits per heavy atom. The van der Waals surface area contributed by atoms with Crippen LogP contribution in [0.25, 0.3) is 10.8 Å². The Hall–Kier alpha value is -1.67. The molecule has 0 heterocycles. The number of hydrogen-bond donors (Lipinski definition) is 1. The smallest absolute Gasteiger partial charge is 0.164 e. The lowest BCUT2D eigenvalue weighted by Crippen LogP contribution is -2.25. The van der Waals surface area contributed by atoms with Gasteiger partial charge in [0.2, 0.25) is 0 Å². The minimum Gasteiger partial charge on any atom is -0.314 e. The molecule has 0 aliphatic rings. The maximum Gasteiger partial charge on any atom is 0.164 e. The molecule has 2 aromatic carbocycles. The number of carbonyl (C=O) groups excluding carboxylic acids is 1. The third kappa shape index (κ3) is 3.17. The summed E-state index contributed by atoms with van der Waals surface area (Å²) in [5.74, 6) is 0.203. The van der Waals surface area contributed by atoms with Gasteiger partial charge in [0.15, 0.2) is 5.78 Å². The Kier molecular flexibility index (Phi) is 4.11. The van der Waals surface area contributed by atoms with E-state index in [1.165, 1.54) is 5.39 Å². The standard InChI is InChI=1S/C16H19NO/c1-12(2)17-10-9-16(18)15-8-7-13-5-3-4-6-14(13)11-15/h3-8,11-12,17H,9-10H2,1-2H3. The molecule has 0 fully saturated rings. The van der Waals surface area contributed by atoms with Gasteiger partial charge in [-0.2, -0.15) is 0 Å². The number of hydrogen-bond acceptors (Lipinski definition) is 2. The predicted molar refractivity (Wildman–Crippen MR) is 76.0 cm³/mol. The quantitative estimate of drug-likeness (QED) is 0.813. The molecule has 2 heteroatoms. The molecular formula is C16H19NO. The largest absolute Gasteiger partial charge is 0.314 e. The molecule has 18 heavy (non-hydrogen) atoms. The molecule has 0 aromatic heterocycles. The maximum absolute atomic E-state index is 12.0. The van der Waals surface area contributed by atoms with Crippen molar-refractivity contribution in [3.63, 3.8) is 0 Å². The number of carbonyl (C=O) groups is 1. The molecule has 0 radical (unpaired) electrons. The van der Waals surface area contributed by atoms with Crippen molar-refractivity contribution in [1.29, 1.82) is 0 Å². The zero-order valence-corrected chi connectivity index (χ0v) is 10.9. The first-order chi connectivity index (χ1) is 8.66. The van der Waals surface area contributed by atoms with E-state index in [1.807, 2.05) is 36.4 Å². The average Bonchev–Trinajstić information content (AvgIpc) is 2.37. The van der Waals surface area contributed by atoms with Crippen LogP contribution in [-0.2, 0) is 0 Å². The summed E-state index contributed by atoms with van der Waals surface area (Å²) in [5, 5.41) is 5.56. The molecule has 2 nitrogen and oxygen atoms in total. The molecule has 0 aliphatic heterocycles. The minimum absolute atomic E-state index is 0.203. The highest BCUT2D eigenvalue weighted by atomic mass is 16.1. The van der Waals surface area contributed by atoms with Crippen LogP contribution in [0.15, 0.2) is 42.5 Å². The number of nitrogens with one attached hydrogen (secondary N) is 1. The van der Waals surface area contributed by atoms with Crippen molar-refractivity contribution in [3.8, 4) is 0 Å². The Bertz CT molecular complexity index is 546. The summed E-state index contributed by atoms with van der Waals surface area (Å²) in [6, 6.07) is 14.4. The number of rotatable bonds is 5. The second-order valence-electron chi connectivity index (χ2n) is 4.84. The van der Waals surface area contributed by atoms with Gasteiger partial charge in [-0.05, 0) is 16.8 Å². The molecule has 2 aromatic rings. The van der Waals surface area contributed by atoms with Crippen LogP contribution in [0.2, 0.25) is 0 Å². The van der Waals surface area contributed by atoms with Gasteiger partial charge in [-0.1, -0.05) is 50.2 Å². The highest BCUT2D eigenvalue weighted by Crippen LogP contribution is 2.16.